The molecule has 1 spiro atoms. The van der Waals surface area contributed by atoms with Crippen LogP contribution < -0.4 is 0 Å². The molecule has 0 amide bonds. The van der Waals surface area contributed by atoms with Gasteiger partial charge >= 0.3 is 35.8 Å². The summed E-state index contributed by atoms with van der Waals surface area (Å²) in [5.74, 6) is -10.4. The van der Waals surface area contributed by atoms with Crippen molar-refractivity contribution in [2.75, 3.05) is 7.11 Å². The molecule has 2 saturated heterocycles. The van der Waals surface area contributed by atoms with Gasteiger partial charge in [-0.3, -0.25) is 24.0 Å². The Hall–Kier alpha value is -4.10. The molecule has 3 heterocycles. The first-order chi connectivity index (χ1) is 26.4. The van der Waals surface area contributed by atoms with Gasteiger partial charge in [0.25, 0.3) is 0 Å². The minimum Gasteiger partial charge on any atom is -0.472 e. The number of hydrogen-bond donors (Lipinski definition) is 3. The number of fused-ring (bicyclic) bond motifs is 4. The fraction of sp³-hybridized carbons (Fsp3) is 0.744. The summed E-state index contributed by atoms with van der Waals surface area (Å²) in [6.45, 7) is 11.6. The third-order valence-electron chi connectivity index (χ3n) is 14.6. The highest BCUT2D eigenvalue weighted by molar-refractivity contribution is 5.77. The van der Waals surface area contributed by atoms with E-state index in [2.05, 4.69) is 0 Å². The van der Waals surface area contributed by atoms with E-state index >= 15 is 0 Å². The van der Waals surface area contributed by atoms with Crippen molar-refractivity contribution in [2.24, 2.45) is 28.1 Å². The first-order valence-corrected chi connectivity index (χ1v) is 18.9. The summed E-state index contributed by atoms with van der Waals surface area (Å²) in [7, 11) is 1.02. The molecule has 7 rings (SSSR count). The number of ether oxygens (including phenoxy) is 8. The van der Waals surface area contributed by atoms with E-state index in [1.165, 1.54) is 32.4 Å². The average Bonchev–Trinajstić information content (AvgIpc) is 3.91. The van der Waals surface area contributed by atoms with Crippen molar-refractivity contribution in [1.82, 2.24) is 0 Å². The molecule has 1 aromatic rings. The molecule has 6 fully saturated rings. The summed E-state index contributed by atoms with van der Waals surface area (Å²) < 4.78 is 55.2. The molecule has 57 heavy (non-hydrogen) atoms. The van der Waals surface area contributed by atoms with Crippen LogP contribution in [0.3, 0.4) is 0 Å². The Morgan fingerprint density at radius 1 is 0.895 bits per heavy atom. The van der Waals surface area contributed by atoms with E-state index in [1.807, 2.05) is 0 Å². The van der Waals surface area contributed by atoms with Gasteiger partial charge in [-0.25, -0.2) is 4.79 Å². The van der Waals surface area contributed by atoms with Crippen molar-refractivity contribution in [1.29, 1.82) is 0 Å². The van der Waals surface area contributed by atoms with E-state index in [9.17, 15) is 44.1 Å². The highest BCUT2D eigenvalue weighted by Gasteiger charge is 3.04. The van der Waals surface area contributed by atoms with Crippen molar-refractivity contribution >= 4 is 35.8 Å². The lowest BCUT2D eigenvalue weighted by Crippen LogP contribution is -2.97. The number of aliphatic hydroxyl groups excluding tert-OH is 1. The Labute approximate surface area is 327 Å². The van der Waals surface area contributed by atoms with Gasteiger partial charge in [-0.2, -0.15) is 0 Å². The van der Waals surface area contributed by atoms with Crippen molar-refractivity contribution in [3.8, 4) is 0 Å². The van der Waals surface area contributed by atoms with E-state index in [4.69, 9.17) is 42.3 Å². The molecule has 314 valence electrons. The summed E-state index contributed by atoms with van der Waals surface area (Å²) in [5, 5.41) is 40.4. The van der Waals surface area contributed by atoms with Crippen LogP contribution in [0.4, 0.5) is 0 Å². The number of carbonyl (C=O) groups is 6. The molecule has 18 nitrogen and oxygen atoms in total. The molecule has 0 radical (unpaired) electrons. The van der Waals surface area contributed by atoms with E-state index in [0.717, 1.165) is 41.7 Å². The standard InChI is InChI=1S/C39H50O18/c1-11-35-14-23-33(8,26(51-17(2)40)22-12-13-50-15-22)27(52-18(3)41)28(53-19(4)42)39(48)34(9)25(24(45)29(46)49-10)32(7)16-36(34,47)38(55-21(6)44,30(32)54-20(5)43)31(56-35)37(23,39)57-35/h12-13,15,23-28,30-31,45,47-48H,11,14,16H2,1-10H3. The van der Waals surface area contributed by atoms with Gasteiger partial charge in [0.05, 0.1) is 25.1 Å². The second kappa shape index (κ2) is 12.5. The monoisotopic (exact) mass is 806 g/mol. The van der Waals surface area contributed by atoms with Gasteiger partial charge in [-0.1, -0.05) is 27.7 Å². The highest BCUT2D eigenvalue weighted by Crippen LogP contribution is 2.87. The van der Waals surface area contributed by atoms with Crippen molar-refractivity contribution in [2.45, 2.75) is 146 Å². The molecule has 0 aromatic carbocycles. The smallest absolute Gasteiger partial charge is 0.335 e. The molecule has 4 saturated carbocycles. The molecule has 4 aliphatic carbocycles. The summed E-state index contributed by atoms with van der Waals surface area (Å²) in [4.78, 5) is 80.1. The molecule has 16 unspecified atom stereocenters. The Morgan fingerprint density at radius 3 is 2.02 bits per heavy atom. The first kappa shape index (κ1) is 41.1. The highest BCUT2D eigenvalue weighted by atomic mass is 16.8. The number of rotatable bonds is 10. The predicted molar refractivity (Wildman–Crippen MR) is 185 cm³/mol. The summed E-state index contributed by atoms with van der Waals surface area (Å²) in [6.07, 6.45) is -8.92. The second-order valence-corrected chi connectivity index (χ2v) is 17.2. The number of aliphatic hydroxyl groups is 3. The first-order valence-electron chi connectivity index (χ1n) is 18.9. The van der Waals surface area contributed by atoms with Crippen molar-refractivity contribution in [3.05, 3.63) is 24.2 Å². The summed E-state index contributed by atoms with van der Waals surface area (Å²) in [5.41, 5.74) is -16.1. The predicted octanol–water partition coefficient (Wildman–Crippen LogP) is 1.34. The van der Waals surface area contributed by atoms with Gasteiger partial charge in [0.1, 0.15) is 29.0 Å². The van der Waals surface area contributed by atoms with Gasteiger partial charge in [-0.15, -0.1) is 0 Å². The topological polar surface area (TPSA) is 250 Å². The zero-order chi connectivity index (χ0) is 42.3. The van der Waals surface area contributed by atoms with Crippen LogP contribution in [0.25, 0.3) is 0 Å². The zero-order valence-corrected chi connectivity index (χ0v) is 33.4. The fourth-order valence-corrected chi connectivity index (χ4v) is 13.2. The Bertz CT molecular complexity index is 1910. The van der Waals surface area contributed by atoms with Crippen LogP contribution in [0.1, 0.15) is 93.2 Å². The number of furan rings is 1. The molecule has 16 atom stereocenters. The average molecular weight is 807 g/mol. The molecule has 1 aromatic heterocycles. The normalized spacial score (nSPS) is 46.6. The van der Waals surface area contributed by atoms with E-state index in [1.54, 1.807) is 13.8 Å². The zero-order valence-electron chi connectivity index (χ0n) is 33.4. The van der Waals surface area contributed by atoms with Crippen LogP contribution in [-0.4, -0.2) is 117 Å². The van der Waals surface area contributed by atoms with E-state index in [0.29, 0.717) is 0 Å². The van der Waals surface area contributed by atoms with Crippen molar-refractivity contribution in [3.63, 3.8) is 0 Å². The molecule has 2 aliphatic heterocycles. The molecule has 18 heteroatoms. The maximum atomic E-state index is 14.4. The van der Waals surface area contributed by atoms with Gasteiger partial charge in [0.2, 0.25) is 5.60 Å². The lowest BCUT2D eigenvalue weighted by molar-refractivity contribution is -0.443. The minimum absolute atomic E-state index is 0.0450. The summed E-state index contributed by atoms with van der Waals surface area (Å²) >= 11 is 0. The molecule has 6 aliphatic rings. The van der Waals surface area contributed by atoms with E-state index < -0.39 is 135 Å². The van der Waals surface area contributed by atoms with Crippen LogP contribution in [-0.2, 0) is 66.7 Å². The largest absolute Gasteiger partial charge is 0.472 e. The molecule has 3 N–H and O–H groups in total. The Morgan fingerprint density at radius 2 is 1.51 bits per heavy atom. The van der Waals surface area contributed by atoms with Gasteiger partial charge in [0, 0.05) is 69.3 Å². The third-order valence-corrected chi connectivity index (χ3v) is 14.6. The van der Waals surface area contributed by atoms with Crippen LogP contribution in [0.2, 0.25) is 0 Å². The maximum absolute atomic E-state index is 14.4. The third kappa shape index (κ3) is 4.53. The number of methoxy groups -OCH3 is 1. The van der Waals surface area contributed by atoms with Gasteiger partial charge in [-0.05, 0) is 18.9 Å². The van der Waals surface area contributed by atoms with Crippen molar-refractivity contribution < 1.29 is 86.4 Å². The van der Waals surface area contributed by atoms with Gasteiger partial charge in [0.15, 0.2) is 30.2 Å². The molecule has 4 bridgehead atoms. The fourth-order valence-electron chi connectivity index (χ4n) is 13.2. The molecular weight excluding hydrogens is 756 g/mol. The Balaban J connectivity index is 1.69. The summed E-state index contributed by atoms with van der Waals surface area (Å²) in [6, 6.07) is 1.51. The maximum Gasteiger partial charge on any atom is 0.335 e. The molecular formula is C39H50O18. The number of carbonyl (C=O) groups excluding carboxylic acids is 6. The quantitative estimate of drug-likeness (QED) is 0.223. The van der Waals surface area contributed by atoms with E-state index in [-0.39, 0.29) is 18.4 Å². The van der Waals surface area contributed by atoms with Crippen LogP contribution in [0.5, 0.6) is 0 Å². The van der Waals surface area contributed by atoms with Crippen LogP contribution in [0.15, 0.2) is 23.0 Å². The van der Waals surface area contributed by atoms with Gasteiger partial charge < -0.3 is 57.6 Å². The number of esters is 6. The number of hydrogen-bond acceptors (Lipinski definition) is 18. The lowest BCUT2D eigenvalue weighted by atomic mass is 9.32. The minimum atomic E-state index is -2.89. The second-order valence-electron chi connectivity index (χ2n) is 17.2. The SMILES string of the molecule is CCC12CC3C(C)(C(OC(C)=O)c4ccoc4)C(OC(C)=O)C(OC(C)=O)C4(O)C3(O1)C(O2)C1(OC(C)=O)C(OC(C)=O)C2(C)CC1(O)C4(C)C2C(O)C(=O)OC. The lowest BCUT2D eigenvalue weighted by Gasteiger charge is -2.77. The Kier molecular flexibility index (Phi) is 8.98. The van der Waals surface area contributed by atoms with Crippen LogP contribution >= 0.6 is 0 Å². The van der Waals surface area contributed by atoms with Crippen LogP contribution in [0, 0.1) is 28.1 Å².